The minimum Gasteiger partial charge on any atom is -0.385 e. The van der Waals surface area contributed by atoms with Crippen LogP contribution in [0.1, 0.15) is 36.0 Å². The standard InChI is InChI=1S/C16H20N4O2/c1-20(16(22)9-4-2-3-5-9)10-6-7-11-12(8-10)19-14(17)13(11)15(18)21/h6-9,19H,2-5,17H2,1H3,(H2,18,21). The molecule has 1 aromatic carbocycles. The Morgan fingerprint density at radius 1 is 1.27 bits per heavy atom. The summed E-state index contributed by atoms with van der Waals surface area (Å²) >= 11 is 0. The van der Waals surface area contributed by atoms with Crippen LogP contribution in [0.4, 0.5) is 11.5 Å². The first kappa shape index (κ1) is 14.4. The molecular formula is C16H20N4O2. The van der Waals surface area contributed by atoms with Crippen LogP contribution in [0.5, 0.6) is 0 Å². The molecule has 0 spiro atoms. The van der Waals surface area contributed by atoms with Crippen molar-refractivity contribution in [1.82, 2.24) is 4.98 Å². The highest BCUT2D eigenvalue weighted by atomic mass is 16.2. The van der Waals surface area contributed by atoms with Gasteiger partial charge >= 0.3 is 0 Å². The van der Waals surface area contributed by atoms with E-state index in [1.807, 2.05) is 12.1 Å². The Labute approximate surface area is 128 Å². The van der Waals surface area contributed by atoms with Gasteiger partial charge in [0.05, 0.1) is 5.56 Å². The van der Waals surface area contributed by atoms with Crippen molar-refractivity contribution >= 4 is 34.2 Å². The van der Waals surface area contributed by atoms with Crippen LogP contribution >= 0.6 is 0 Å². The van der Waals surface area contributed by atoms with Crippen molar-refractivity contribution in [2.24, 2.45) is 11.7 Å². The first-order valence-electron chi connectivity index (χ1n) is 7.47. The van der Waals surface area contributed by atoms with E-state index in [4.69, 9.17) is 11.5 Å². The fraction of sp³-hybridized carbons (Fsp3) is 0.375. The van der Waals surface area contributed by atoms with E-state index in [9.17, 15) is 9.59 Å². The van der Waals surface area contributed by atoms with Crippen molar-refractivity contribution in [1.29, 1.82) is 0 Å². The van der Waals surface area contributed by atoms with Crippen molar-refractivity contribution in [3.05, 3.63) is 23.8 Å². The average Bonchev–Trinajstić information content (AvgIpc) is 3.11. The number of amides is 2. The number of nitrogens with two attached hydrogens (primary N) is 2. The quantitative estimate of drug-likeness (QED) is 0.807. The predicted octanol–water partition coefficient (Wildman–Crippen LogP) is 2.00. The second-order valence-corrected chi connectivity index (χ2v) is 5.89. The van der Waals surface area contributed by atoms with Gasteiger partial charge in [0.2, 0.25) is 5.91 Å². The smallest absolute Gasteiger partial charge is 0.253 e. The Kier molecular flexibility index (Phi) is 3.52. The summed E-state index contributed by atoms with van der Waals surface area (Å²) in [7, 11) is 1.78. The zero-order valence-electron chi connectivity index (χ0n) is 12.6. The Bertz CT molecular complexity index is 744. The number of hydrogen-bond acceptors (Lipinski definition) is 3. The molecular weight excluding hydrogens is 280 g/mol. The number of benzene rings is 1. The van der Waals surface area contributed by atoms with Crippen molar-refractivity contribution < 1.29 is 9.59 Å². The molecule has 1 heterocycles. The zero-order valence-corrected chi connectivity index (χ0v) is 12.6. The van der Waals surface area contributed by atoms with Gasteiger partial charge in [0.1, 0.15) is 5.82 Å². The van der Waals surface area contributed by atoms with Crippen LogP contribution in [0.3, 0.4) is 0 Å². The van der Waals surface area contributed by atoms with Gasteiger partial charge in [-0.05, 0) is 31.0 Å². The lowest BCUT2D eigenvalue weighted by molar-refractivity contribution is -0.121. The number of hydrogen-bond donors (Lipinski definition) is 3. The van der Waals surface area contributed by atoms with Gasteiger partial charge < -0.3 is 21.4 Å². The Morgan fingerprint density at radius 2 is 1.95 bits per heavy atom. The molecule has 2 amide bonds. The fourth-order valence-electron chi connectivity index (χ4n) is 3.25. The first-order chi connectivity index (χ1) is 10.5. The number of aromatic nitrogens is 1. The molecule has 0 atom stereocenters. The number of carbonyl (C=O) groups excluding carboxylic acids is 2. The number of aromatic amines is 1. The van der Waals surface area contributed by atoms with E-state index in [-0.39, 0.29) is 17.6 Å². The summed E-state index contributed by atoms with van der Waals surface area (Å²) in [4.78, 5) is 28.6. The number of primary amides is 1. The van der Waals surface area contributed by atoms with Crippen molar-refractivity contribution in [2.75, 3.05) is 17.7 Å². The molecule has 0 saturated heterocycles. The molecule has 1 aromatic heterocycles. The largest absolute Gasteiger partial charge is 0.385 e. The molecule has 1 aliphatic rings. The summed E-state index contributed by atoms with van der Waals surface area (Å²) in [5.41, 5.74) is 12.9. The molecule has 0 radical (unpaired) electrons. The molecule has 1 saturated carbocycles. The number of rotatable bonds is 3. The topological polar surface area (TPSA) is 105 Å². The molecule has 6 heteroatoms. The minimum atomic E-state index is -0.563. The second kappa shape index (κ2) is 5.36. The molecule has 0 bridgehead atoms. The number of anilines is 2. The molecule has 5 N–H and O–H groups in total. The van der Waals surface area contributed by atoms with Gasteiger partial charge in [-0.25, -0.2) is 0 Å². The van der Waals surface area contributed by atoms with Gasteiger partial charge in [0.25, 0.3) is 5.91 Å². The van der Waals surface area contributed by atoms with Crippen LogP contribution in [0, 0.1) is 5.92 Å². The number of fused-ring (bicyclic) bond motifs is 1. The predicted molar refractivity (Wildman–Crippen MR) is 86.6 cm³/mol. The van der Waals surface area contributed by atoms with E-state index in [0.717, 1.165) is 31.4 Å². The van der Waals surface area contributed by atoms with Crippen molar-refractivity contribution in [2.45, 2.75) is 25.7 Å². The molecule has 1 fully saturated rings. The third-order valence-corrected chi connectivity index (χ3v) is 4.48. The monoisotopic (exact) mass is 300 g/mol. The van der Waals surface area contributed by atoms with Gasteiger partial charge in [-0.15, -0.1) is 0 Å². The first-order valence-corrected chi connectivity index (χ1v) is 7.47. The van der Waals surface area contributed by atoms with E-state index in [0.29, 0.717) is 16.5 Å². The highest BCUT2D eigenvalue weighted by Gasteiger charge is 2.26. The Hall–Kier alpha value is -2.50. The molecule has 22 heavy (non-hydrogen) atoms. The van der Waals surface area contributed by atoms with Gasteiger partial charge in [-0.1, -0.05) is 12.8 Å². The minimum absolute atomic E-state index is 0.121. The number of nitrogens with zero attached hydrogens (tertiary/aromatic N) is 1. The van der Waals surface area contributed by atoms with E-state index in [2.05, 4.69) is 4.98 Å². The molecule has 6 nitrogen and oxygen atoms in total. The van der Waals surface area contributed by atoms with Crippen LogP contribution in [-0.2, 0) is 4.79 Å². The molecule has 0 aliphatic heterocycles. The molecule has 116 valence electrons. The average molecular weight is 300 g/mol. The van der Waals surface area contributed by atoms with Gasteiger partial charge in [0.15, 0.2) is 0 Å². The van der Waals surface area contributed by atoms with Crippen molar-refractivity contribution in [3.63, 3.8) is 0 Å². The van der Waals surface area contributed by atoms with Gasteiger partial charge in [-0.2, -0.15) is 0 Å². The normalized spacial score (nSPS) is 15.3. The zero-order chi connectivity index (χ0) is 15.9. The summed E-state index contributed by atoms with van der Waals surface area (Å²) in [6.07, 6.45) is 4.18. The SMILES string of the molecule is CN(C(=O)C1CCCC1)c1ccc2c(C(N)=O)c(N)[nH]c2c1. The number of carbonyl (C=O) groups is 2. The van der Waals surface area contributed by atoms with Crippen LogP contribution in [-0.4, -0.2) is 23.8 Å². The maximum atomic E-state index is 12.5. The highest BCUT2D eigenvalue weighted by Crippen LogP contribution is 2.31. The van der Waals surface area contributed by atoms with E-state index in [1.54, 1.807) is 18.0 Å². The van der Waals surface area contributed by atoms with Crippen LogP contribution in [0.25, 0.3) is 10.9 Å². The highest BCUT2D eigenvalue weighted by molar-refractivity contribution is 6.11. The fourth-order valence-corrected chi connectivity index (χ4v) is 3.25. The lowest BCUT2D eigenvalue weighted by atomic mass is 10.1. The van der Waals surface area contributed by atoms with Crippen LogP contribution < -0.4 is 16.4 Å². The Morgan fingerprint density at radius 3 is 2.59 bits per heavy atom. The summed E-state index contributed by atoms with van der Waals surface area (Å²) in [6, 6.07) is 5.41. The van der Waals surface area contributed by atoms with E-state index < -0.39 is 5.91 Å². The molecule has 3 rings (SSSR count). The summed E-state index contributed by atoms with van der Waals surface area (Å²) in [5, 5.41) is 0.676. The van der Waals surface area contributed by atoms with Gasteiger partial charge in [0, 0.05) is 29.6 Å². The van der Waals surface area contributed by atoms with E-state index >= 15 is 0 Å². The third-order valence-electron chi connectivity index (χ3n) is 4.48. The molecule has 1 aliphatic carbocycles. The molecule has 0 unspecified atom stereocenters. The summed E-state index contributed by atoms with van der Waals surface area (Å²) in [6.45, 7) is 0. The summed E-state index contributed by atoms with van der Waals surface area (Å²) in [5.74, 6) is -0.0431. The number of nitrogen functional groups attached to an aromatic ring is 1. The summed E-state index contributed by atoms with van der Waals surface area (Å²) < 4.78 is 0. The maximum Gasteiger partial charge on any atom is 0.253 e. The number of H-pyrrole nitrogens is 1. The Balaban J connectivity index is 1.95. The van der Waals surface area contributed by atoms with E-state index in [1.165, 1.54) is 0 Å². The third kappa shape index (κ3) is 2.30. The number of nitrogens with one attached hydrogen (secondary N) is 1. The maximum absolute atomic E-state index is 12.5. The molecule has 2 aromatic rings. The van der Waals surface area contributed by atoms with Crippen LogP contribution in [0.15, 0.2) is 18.2 Å². The van der Waals surface area contributed by atoms with Gasteiger partial charge in [-0.3, -0.25) is 9.59 Å². The van der Waals surface area contributed by atoms with Crippen molar-refractivity contribution in [3.8, 4) is 0 Å². The lowest BCUT2D eigenvalue weighted by Crippen LogP contribution is -2.31. The lowest BCUT2D eigenvalue weighted by Gasteiger charge is -2.21. The van der Waals surface area contributed by atoms with Crippen LogP contribution in [0.2, 0.25) is 0 Å². The second-order valence-electron chi connectivity index (χ2n) is 5.89.